The Kier molecular flexibility index (Phi) is 10.4. The van der Waals surface area contributed by atoms with Crippen LogP contribution in [0.1, 0.15) is 11.1 Å². The molecule has 0 saturated carbocycles. The fourth-order valence-electron chi connectivity index (χ4n) is 4.18. The number of hydrogen-bond acceptors (Lipinski definition) is 12. The van der Waals surface area contributed by atoms with Crippen LogP contribution in [0.3, 0.4) is 0 Å². The lowest BCUT2D eigenvalue weighted by Crippen LogP contribution is -2.46. The molecule has 1 aromatic rings. The summed E-state index contributed by atoms with van der Waals surface area (Å²) in [6, 6.07) is 7.29. The molecule has 2 aliphatic rings. The van der Waals surface area contributed by atoms with Gasteiger partial charge in [0.05, 0.1) is 39.3 Å². The third kappa shape index (κ3) is 9.97. The van der Waals surface area contributed by atoms with E-state index in [0.29, 0.717) is 39.3 Å². The van der Waals surface area contributed by atoms with E-state index in [1.54, 1.807) is 19.6 Å². The number of nitrogens with zero attached hydrogens (tertiary/aromatic N) is 4. The minimum atomic E-state index is -1.01. The summed E-state index contributed by atoms with van der Waals surface area (Å²) in [4.78, 5) is 75.1. The van der Waals surface area contributed by atoms with Crippen LogP contribution in [0.15, 0.2) is 24.3 Å². The SMILES string of the molecule is O=C(O)CN(CCN1CC(=O)OC(=O)C1)Cc1ccc(CN(CCN2CC(=O)OC(=O)C2)CC(=O)O)cc1. The molecule has 3 rings (SSSR count). The molecule has 14 nitrogen and oxygen atoms in total. The summed E-state index contributed by atoms with van der Waals surface area (Å²) in [7, 11) is 0. The molecule has 2 N–H and O–H groups in total. The zero-order valence-corrected chi connectivity index (χ0v) is 20.7. The van der Waals surface area contributed by atoms with E-state index in [-0.39, 0.29) is 39.3 Å². The Balaban J connectivity index is 1.55. The number of cyclic esters (lactones) is 4. The quantitative estimate of drug-likeness (QED) is 0.203. The number of morpholine rings is 2. The number of carbonyl (C=O) groups is 6. The van der Waals surface area contributed by atoms with Crippen LogP contribution < -0.4 is 0 Å². The normalized spacial score (nSPS) is 17.1. The highest BCUT2D eigenvalue weighted by molar-refractivity contribution is 5.90. The van der Waals surface area contributed by atoms with Crippen LogP contribution in [-0.2, 0) is 51.3 Å². The number of ether oxygens (including phenoxy) is 2. The van der Waals surface area contributed by atoms with E-state index in [2.05, 4.69) is 9.47 Å². The maximum Gasteiger partial charge on any atom is 0.327 e. The lowest BCUT2D eigenvalue weighted by molar-refractivity contribution is -0.168. The van der Waals surface area contributed by atoms with Crippen molar-refractivity contribution in [1.82, 2.24) is 19.6 Å². The molecule has 0 atom stereocenters. The second-order valence-electron chi connectivity index (χ2n) is 9.14. The van der Waals surface area contributed by atoms with Gasteiger partial charge in [0.2, 0.25) is 0 Å². The zero-order valence-electron chi connectivity index (χ0n) is 20.7. The topological polar surface area (TPSA) is 174 Å². The first-order valence-electron chi connectivity index (χ1n) is 11.9. The average Bonchev–Trinajstić information content (AvgIpc) is 2.80. The van der Waals surface area contributed by atoms with Gasteiger partial charge in [-0.25, -0.2) is 0 Å². The van der Waals surface area contributed by atoms with Crippen molar-refractivity contribution in [2.45, 2.75) is 13.1 Å². The lowest BCUT2D eigenvalue weighted by atomic mass is 10.1. The fraction of sp³-hybridized carbons (Fsp3) is 0.500. The fourth-order valence-corrected chi connectivity index (χ4v) is 4.18. The van der Waals surface area contributed by atoms with Crippen LogP contribution in [0.4, 0.5) is 0 Å². The van der Waals surface area contributed by atoms with E-state index in [4.69, 9.17) is 0 Å². The van der Waals surface area contributed by atoms with Gasteiger partial charge < -0.3 is 19.7 Å². The first-order chi connectivity index (χ1) is 18.0. The maximum atomic E-state index is 11.4. The third-order valence-corrected chi connectivity index (χ3v) is 5.88. The maximum absolute atomic E-state index is 11.4. The Hall–Kier alpha value is -3.72. The van der Waals surface area contributed by atoms with Crippen LogP contribution in [0.2, 0.25) is 0 Å². The second kappa shape index (κ2) is 13.7. The summed E-state index contributed by atoms with van der Waals surface area (Å²) < 4.78 is 9.00. The van der Waals surface area contributed by atoms with Gasteiger partial charge in [0.15, 0.2) is 0 Å². The van der Waals surface area contributed by atoms with Crippen molar-refractivity contribution in [2.75, 3.05) is 65.4 Å². The number of benzene rings is 1. The standard InChI is InChI=1S/C24H30N4O10/c29-19(30)11-25(5-7-27-13-21(33)37-22(34)14-27)9-17-1-2-18(4-3-17)10-26(12-20(31)32)6-8-28-15-23(35)38-24(36)16-28/h1-4H,5-16H2,(H,29,30)(H,31,32). The van der Waals surface area contributed by atoms with Gasteiger partial charge in [-0.2, -0.15) is 0 Å². The Labute approximate surface area is 218 Å². The van der Waals surface area contributed by atoms with E-state index in [1.807, 2.05) is 24.3 Å². The van der Waals surface area contributed by atoms with Crippen LogP contribution in [0, 0.1) is 0 Å². The summed E-state index contributed by atoms with van der Waals surface area (Å²) in [6.07, 6.45) is 0. The van der Waals surface area contributed by atoms with Gasteiger partial charge in [0.1, 0.15) is 0 Å². The largest absolute Gasteiger partial charge is 0.480 e. The van der Waals surface area contributed by atoms with E-state index in [9.17, 15) is 39.0 Å². The molecule has 0 amide bonds. The van der Waals surface area contributed by atoms with Crippen molar-refractivity contribution in [3.05, 3.63) is 35.4 Å². The monoisotopic (exact) mass is 534 g/mol. The number of carboxylic acid groups (broad SMARTS) is 2. The minimum absolute atomic E-state index is 0.0354. The van der Waals surface area contributed by atoms with Crippen molar-refractivity contribution in [2.24, 2.45) is 0 Å². The van der Waals surface area contributed by atoms with Gasteiger partial charge in [0, 0.05) is 39.3 Å². The van der Waals surface area contributed by atoms with E-state index < -0.39 is 35.8 Å². The molecule has 38 heavy (non-hydrogen) atoms. The van der Waals surface area contributed by atoms with Gasteiger partial charge in [-0.05, 0) is 11.1 Å². The van der Waals surface area contributed by atoms with Crippen molar-refractivity contribution < 1.29 is 48.5 Å². The van der Waals surface area contributed by atoms with Crippen molar-refractivity contribution in [3.63, 3.8) is 0 Å². The van der Waals surface area contributed by atoms with Crippen LogP contribution >= 0.6 is 0 Å². The lowest BCUT2D eigenvalue weighted by Gasteiger charge is -2.28. The van der Waals surface area contributed by atoms with Gasteiger partial charge >= 0.3 is 35.8 Å². The van der Waals surface area contributed by atoms with Gasteiger partial charge in [-0.1, -0.05) is 24.3 Å². The van der Waals surface area contributed by atoms with E-state index in [1.165, 1.54) is 0 Å². The molecule has 2 fully saturated rings. The summed E-state index contributed by atoms with van der Waals surface area (Å²) >= 11 is 0. The highest BCUT2D eigenvalue weighted by Crippen LogP contribution is 2.11. The molecule has 2 saturated heterocycles. The number of rotatable bonds is 14. The van der Waals surface area contributed by atoms with E-state index >= 15 is 0 Å². The molecule has 0 unspecified atom stereocenters. The molecule has 0 aliphatic carbocycles. The van der Waals surface area contributed by atoms with Crippen molar-refractivity contribution in [3.8, 4) is 0 Å². The molecular weight excluding hydrogens is 504 g/mol. The number of hydrogen-bond donors (Lipinski definition) is 2. The third-order valence-electron chi connectivity index (χ3n) is 5.88. The highest BCUT2D eigenvalue weighted by Gasteiger charge is 2.26. The van der Waals surface area contributed by atoms with Gasteiger partial charge in [0.25, 0.3) is 0 Å². The molecule has 0 spiro atoms. The number of carbonyl (C=O) groups excluding carboxylic acids is 4. The summed E-state index contributed by atoms with van der Waals surface area (Å²) in [5, 5.41) is 18.6. The smallest absolute Gasteiger partial charge is 0.327 e. The zero-order chi connectivity index (χ0) is 27.7. The Bertz CT molecular complexity index is 946. The first kappa shape index (κ1) is 28.8. The Morgan fingerprint density at radius 1 is 0.658 bits per heavy atom. The number of esters is 4. The van der Waals surface area contributed by atoms with Crippen LogP contribution in [-0.4, -0.2) is 131 Å². The molecular formula is C24H30N4O10. The number of carboxylic acids is 2. The Morgan fingerprint density at radius 2 is 0.974 bits per heavy atom. The van der Waals surface area contributed by atoms with Crippen molar-refractivity contribution >= 4 is 35.8 Å². The minimum Gasteiger partial charge on any atom is -0.480 e. The van der Waals surface area contributed by atoms with Gasteiger partial charge in [-0.15, -0.1) is 0 Å². The highest BCUT2D eigenvalue weighted by atomic mass is 16.6. The molecule has 0 aromatic heterocycles. The summed E-state index contributed by atoms with van der Waals surface area (Å²) in [5.74, 6) is -4.56. The molecule has 206 valence electrons. The summed E-state index contributed by atoms with van der Waals surface area (Å²) in [6.45, 7) is 1.29. The molecule has 0 bridgehead atoms. The molecule has 2 heterocycles. The second-order valence-corrected chi connectivity index (χ2v) is 9.14. The predicted octanol–water partition coefficient (Wildman–Crippen LogP) is -1.77. The van der Waals surface area contributed by atoms with Crippen LogP contribution in [0.25, 0.3) is 0 Å². The molecule has 2 aliphatic heterocycles. The van der Waals surface area contributed by atoms with E-state index in [0.717, 1.165) is 11.1 Å². The number of aliphatic carboxylic acids is 2. The Morgan fingerprint density at radius 3 is 1.26 bits per heavy atom. The summed E-state index contributed by atoms with van der Waals surface area (Å²) in [5.41, 5.74) is 1.67. The first-order valence-corrected chi connectivity index (χ1v) is 11.9. The molecule has 0 radical (unpaired) electrons. The molecule has 1 aromatic carbocycles. The van der Waals surface area contributed by atoms with Crippen molar-refractivity contribution in [1.29, 1.82) is 0 Å². The van der Waals surface area contributed by atoms with Gasteiger partial charge in [-0.3, -0.25) is 48.4 Å². The predicted molar refractivity (Wildman–Crippen MR) is 127 cm³/mol. The molecule has 14 heteroatoms. The van der Waals surface area contributed by atoms with Crippen LogP contribution in [0.5, 0.6) is 0 Å². The average molecular weight is 535 g/mol.